The van der Waals surface area contributed by atoms with Crippen molar-refractivity contribution in [3.8, 4) is 0 Å². The minimum atomic E-state index is -5.59. The molecule has 3 unspecified atom stereocenters. The van der Waals surface area contributed by atoms with Crippen molar-refractivity contribution in [1.29, 1.82) is 0 Å². The predicted octanol–water partition coefficient (Wildman–Crippen LogP) is 3.78. The van der Waals surface area contributed by atoms with E-state index in [0.29, 0.717) is 25.0 Å². The van der Waals surface area contributed by atoms with E-state index in [-0.39, 0.29) is 41.6 Å². The first-order chi connectivity index (χ1) is 32.9. The number of hydrogen-bond acceptors (Lipinski definition) is 19. The Morgan fingerprint density at radius 3 is 2.37 bits per heavy atom. The Bertz CT molecular complexity index is 2260. The number of unbranched alkanes of at least 4 members (excludes halogenated alkanes) is 4. The second kappa shape index (κ2) is 29.9. The second-order valence-corrected chi connectivity index (χ2v) is 21.9. The Morgan fingerprint density at radius 1 is 0.929 bits per heavy atom. The SMILES string of the molecule is CCCCC/C=C\CC(O)/C=C/C=C\C/C=C\CCCC(=O)SCCNC(=O)CCNC(=O)[C@H](O)C(C)(C)COP(=O)(O)OP(=O)(O)OC[C@H]1O[C@@H](n2cnc3c(N)ncnc32)[C@H](O)[C@@H]1OP(=O)(O)O. The summed E-state index contributed by atoms with van der Waals surface area (Å²) in [6, 6.07) is 0. The number of thioether (sulfide) groups is 1. The zero-order valence-corrected chi connectivity index (χ0v) is 42.6. The minimum Gasteiger partial charge on any atom is -0.389 e. The molecule has 1 saturated heterocycles. The van der Waals surface area contributed by atoms with Crippen LogP contribution in [0.2, 0.25) is 0 Å². The molecule has 70 heavy (non-hydrogen) atoms. The molecule has 0 bridgehead atoms. The van der Waals surface area contributed by atoms with Crippen molar-refractivity contribution in [1.82, 2.24) is 30.2 Å². The van der Waals surface area contributed by atoms with Gasteiger partial charge in [0.05, 0.1) is 25.6 Å². The third kappa shape index (κ3) is 22.5. The molecular weight excluding hydrogens is 1000 g/mol. The summed E-state index contributed by atoms with van der Waals surface area (Å²) in [6.45, 7) is 2.62. The lowest BCUT2D eigenvalue weighted by Crippen LogP contribution is -2.46. The van der Waals surface area contributed by atoms with Crippen LogP contribution in [0.15, 0.2) is 61.3 Å². The zero-order chi connectivity index (χ0) is 52.0. The van der Waals surface area contributed by atoms with Crippen LogP contribution in [-0.2, 0) is 50.7 Å². The average Bonchev–Trinajstić information content (AvgIpc) is 3.85. The fourth-order valence-corrected chi connectivity index (χ4v) is 9.87. The number of fused-ring (bicyclic) bond motifs is 1. The first-order valence-electron chi connectivity index (χ1n) is 22.3. The van der Waals surface area contributed by atoms with Crippen LogP contribution >= 0.6 is 35.2 Å². The van der Waals surface area contributed by atoms with Gasteiger partial charge in [-0.05, 0) is 38.5 Å². The number of aliphatic hydroxyl groups excluding tert-OH is 3. The number of nitrogens with two attached hydrogens (primary N) is 1. The van der Waals surface area contributed by atoms with E-state index in [0.717, 1.165) is 48.2 Å². The van der Waals surface area contributed by atoms with Gasteiger partial charge in [0, 0.05) is 37.1 Å². The summed E-state index contributed by atoms with van der Waals surface area (Å²) in [5, 5.41) is 36.5. The van der Waals surface area contributed by atoms with Crippen LogP contribution < -0.4 is 16.4 Å². The molecule has 1 aliphatic heterocycles. The number of carbonyl (C=O) groups is 3. The van der Waals surface area contributed by atoms with Crippen molar-refractivity contribution in [3.05, 3.63) is 61.3 Å². The Hall–Kier alpha value is -3.52. The van der Waals surface area contributed by atoms with Crippen LogP contribution in [0.5, 0.6) is 0 Å². The van der Waals surface area contributed by atoms with E-state index in [1.807, 2.05) is 36.5 Å². The monoisotopic (exact) mass is 1070 g/mol. The number of amides is 2. The summed E-state index contributed by atoms with van der Waals surface area (Å²) in [4.78, 5) is 88.4. The Morgan fingerprint density at radius 2 is 1.64 bits per heavy atom. The quantitative estimate of drug-likeness (QED) is 0.0210. The van der Waals surface area contributed by atoms with E-state index in [1.54, 1.807) is 6.08 Å². The number of nitrogen functional groups attached to an aromatic ring is 1. The molecule has 0 radical (unpaired) electrons. The van der Waals surface area contributed by atoms with Crippen LogP contribution in [-0.4, -0.2) is 134 Å². The highest BCUT2D eigenvalue weighted by Crippen LogP contribution is 2.61. The number of ether oxygens (including phenoxy) is 1. The normalized spacial score (nSPS) is 20.7. The van der Waals surface area contributed by atoms with Crippen molar-refractivity contribution in [2.45, 2.75) is 122 Å². The summed E-state index contributed by atoms with van der Waals surface area (Å²) >= 11 is 1.09. The third-order valence-corrected chi connectivity index (χ3v) is 14.1. The van der Waals surface area contributed by atoms with Gasteiger partial charge in [-0.25, -0.2) is 28.6 Å². The molecule has 11 N–H and O–H groups in total. The summed E-state index contributed by atoms with van der Waals surface area (Å²) in [5.74, 6) is -1.13. The molecule has 0 saturated carbocycles. The van der Waals surface area contributed by atoms with Gasteiger partial charge in [0.25, 0.3) is 0 Å². The molecule has 3 rings (SSSR count). The number of rotatable bonds is 33. The number of phosphoric ester groups is 3. The van der Waals surface area contributed by atoms with Crippen LogP contribution in [0.25, 0.3) is 11.2 Å². The van der Waals surface area contributed by atoms with Crippen LogP contribution in [0.4, 0.5) is 5.82 Å². The van der Waals surface area contributed by atoms with Gasteiger partial charge in [-0.15, -0.1) is 0 Å². The number of phosphoric acid groups is 3. The average molecular weight is 1070 g/mol. The third-order valence-electron chi connectivity index (χ3n) is 10.1. The molecule has 2 amide bonds. The van der Waals surface area contributed by atoms with E-state index in [4.69, 9.17) is 19.5 Å². The maximum absolute atomic E-state index is 12.7. The van der Waals surface area contributed by atoms with Crippen LogP contribution in [0.1, 0.15) is 91.2 Å². The predicted molar refractivity (Wildman–Crippen MR) is 257 cm³/mol. The van der Waals surface area contributed by atoms with Gasteiger partial charge in [-0.2, -0.15) is 4.31 Å². The summed E-state index contributed by atoms with van der Waals surface area (Å²) in [6.07, 6.45) is 15.8. The number of aromatic nitrogens is 4. The molecule has 29 heteroatoms. The van der Waals surface area contributed by atoms with Gasteiger partial charge >= 0.3 is 23.5 Å². The van der Waals surface area contributed by atoms with Crippen LogP contribution in [0.3, 0.4) is 0 Å². The second-order valence-electron chi connectivity index (χ2n) is 16.5. The fraction of sp³-hybridized carbons (Fsp3) is 0.610. The number of allylic oxidation sites excluding steroid dienone is 6. The summed E-state index contributed by atoms with van der Waals surface area (Å²) in [5.41, 5.74) is 4.26. The van der Waals surface area contributed by atoms with Crippen molar-refractivity contribution < 1.29 is 85.6 Å². The van der Waals surface area contributed by atoms with E-state index in [2.05, 4.69) is 47.4 Å². The van der Waals surface area contributed by atoms with Gasteiger partial charge in [0.2, 0.25) is 11.8 Å². The molecule has 0 aliphatic carbocycles. The molecular formula is C41H66N7O18P3S. The number of nitrogens with one attached hydrogen (secondary N) is 2. The molecule has 394 valence electrons. The maximum Gasteiger partial charge on any atom is 0.481 e. The molecule has 2 aromatic rings. The maximum atomic E-state index is 12.7. The largest absolute Gasteiger partial charge is 0.481 e. The molecule has 1 aliphatic rings. The number of nitrogens with zero attached hydrogens (tertiary/aromatic N) is 4. The standard InChI is InChI=1S/C41H66N7O18P3S/c1-4-5-6-7-12-15-18-29(49)19-16-13-10-8-9-11-14-17-20-32(51)70-24-23-43-31(50)21-22-44-39(54)36(53)41(2,3)26-63-69(60,61)66-68(58,59)62-25-30-35(65-67(55,56)57)34(52)40(64-30)48-28-47-33-37(42)45-27-46-38(33)48/h9-13,15-16,19,27-30,34-36,40,49,52-53H,4-8,14,17-18,20-26H2,1-3H3,(H,43,50)(H,44,54)(H,58,59)(H,60,61)(H2,42,45,46)(H2,55,56,57)/b11-9-,13-10-,15-12-,19-16+/t29?,30-,34-,35-,36+,40-/m1/s1. The molecule has 25 nitrogen and oxygen atoms in total. The minimum absolute atomic E-state index is 0.0148. The topological polar surface area (TPSA) is 384 Å². The lowest BCUT2D eigenvalue weighted by molar-refractivity contribution is -0.137. The smallest absolute Gasteiger partial charge is 0.389 e. The molecule has 0 aromatic carbocycles. The first kappa shape index (κ1) is 60.8. The Balaban J connectivity index is 1.31. The van der Waals surface area contributed by atoms with Gasteiger partial charge in [0.15, 0.2) is 22.8 Å². The van der Waals surface area contributed by atoms with Gasteiger partial charge in [-0.3, -0.25) is 32.5 Å². The molecule has 2 aromatic heterocycles. The number of hydrogen-bond donors (Lipinski definition) is 10. The summed E-state index contributed by atoms with van der Waals surface area (Å²) in [7, 11) is -16.4. The van der Waals surface area contributed by atoms with Crippen molar-refractivity contribution in [2.75, 3.05) is 37.8 Å². The first-order valence-corrected chi connectivity index (χ1v) is 27.8. The highest BCUT2D eigenvalue weighted by Gasteiger charge is 2.50. The lowest BCUT2D eigenvalue weighted by Gasteiger charge is -2.30. The Labute approximate surface area is 409 Å². The molecule has 0 spiro atoms. The number of carbonyl (C=O) groups excluding carboxylic acids is 3. The van der Waals surface area contributed by atoms with E-state index >= 15 is 0 Å². The van der Waals surface area contributed by atoms with Crippen molar-refractivity contribution in [2.24, 2.45) is 5.41 Å². The van der Waals surface area contributed by atoms with E-state index < -0.39 is 90.7 Å². The molecule has 1 fully saturated rings. The highest BCUT2D eigenvalue weighted by molar-refractivity contribution is 8.13. The summed E-state index contributed by atoms with van der Waals surface area (Å²) < 4.78 is 62.4. The molecule has 3 heterocycles. The number of anilines is 1. The molecule has 8 atom stereocenters. The zero-order valence-electron chi connectivity index (χ0n) is 39.1. The fourth-order valence-electron chi connectivity index (χ4n) is 6.32. The lowest BCUT2D eigenvalue weighted by atomic mass is 9.87. The van der Waals surface area contributed by atoms with Crippen molar-refractivity contribution in [3.63, 3.8) is 0 Å². The van der Waals surface area contributed by atoms with Crippen molar-refractivity contribution >= 4 is 69.1 Å². The number of aliphatic hydroxyl groups is 3. The van der Waals surface area contributed by atoms with E-state index in [1.165, 1.54) is 33.1 Å². The van der Waals surface area contributed by atoms with Gasteiger partial charge in [-0.1, -0.05) is 94.0 Å². The van der Waals surface area contributed by atoms with Gasteiger partial charge < -0.3 is 56.0 Å². The van der Waals surface area contributed by atoms with E-state index in [9.17, 15) is 63.0 Å². The highest BCUT2D eigenvalue weighted by atomic mass is 32.2. The van der Waals surface area contributed by atoms with Gasteiger partial charge in [0.1, 0.15) is 36.3 Å². The van der Waals surface area contributed by atoms with Crippen LogP contribution in [0, 0.1) is 5.41 Å². The Kier molecular flexibility index (Phi) is 25.9. The number of imidazole rings is 1.